The van der Waals surface area contributed by atoms with Crippen molar-refractivity contribution in [2.24, 2.45) is 0 Å². The van der Waals surface area contributed by atoms with E-state index in [4.69, 9.17) is 11.6 Å². The highest BCUT2D eigenvalue weighted by atomic mass is 35.5. The third-order valence-corrected chi connectivity index (χ3v) is 5.83. The van der Waals surface area contributed by atoms with Gasteiger partial charge in [0.05, 0.1) is 17.6 Å². The summed E-state index contributed by atoms with van der Waals surface area (Å²) >= 11 is 7.20. The molecular formula is C24H19ClFN3OS. The predicted octanol–water partition coefficient (Wildman–Crippen LogP) is 6.37. The zero-order valence-corrected chi connectivity index (χ0v) is 18.3. The maximum Gasteiger partial charge on any atom is 0.234 e. The molecule has 4 aromatic rings. The van der Waals surface area contributed by atoms with Gasteiger partial charge in [0.25, 0.3) is 0 Å². The molecule has 31 heavy (non-hydrogen) atoms. The fourth-order valence-corrected chi connectivity index (χ4v) is 3.98. The van der Waals surface area contributed by atoms with E-state index in [1.54, 1.807) is 42.6 Å². The third kappa shape index (κ3) is 5.16. The fourth-order valence-electron chi connectivity index (χ4n) is 3.06. The zero-order chi connectivity index (χ0) is 21.8. The summed E-state index contributed by atoms with van der Waals surface area (Å²) in [5.74, 6) is -0.288. The quantitative estimate of drug-likeness (QED) is 0.346. The molecule has 0 aliphatic heterocycles. The Hall–Kier alpha value is -3.09. The van der Waals surface area contributed by atoms with E-state index in [2.05, 4.69) is 10.3 Å². The van der Waals surface area contributed by atoms with Crippen molar-refractivity contribution in [3.05, 3.63) is 95.4 Å². The smallest absolute Gasteiger partial charge is 0.234 e. The molecule has 0 fully saturated rings. The van der Waals surface area contributed by atoms with Crippen molar-refractivity contribution in [3.8, 4) is 16.9 Å². The lowest BCUT2D eigenvalue weighted by molar-refractivity contribution is -0.113. The summed E-state index contributed by atoms with van der Waals surface area (Å²) in [5, 5.41) is 4.10. The van der Waals surface area contributed by atoms with Crippen molar-refractivity contribution in [1.82, 2.24) is 9.55 Å². The van der Waals surface area contributed by atoms with Gasteiger partial charge in [0, 0.05) is 22.0 Å². The molecule has 0 saturated carbocycles. The van der Waals surface area contributed by atoms with Gasteiger partial charge in [-0.15, -0.1) is 0 Å². The Balaban J connectivity index is 1.59. The number of carbonyl (C=O) groups is 1. The van der Waals surface area contributed by atoms with E-state index in [9.17, 15) is 9.18 Å². The van der Waals surface area contributed by atoms with Crippen LogP contribution in [0.15, 0.2) is 84.1 Å². The van der Waals surface area contributed by atoms with Crippen molar-refractivity contribution in [3.63, 3.8) is 0 Å². The number of aromatic nitrogens is 2. The summed E-state index contributed by atoms with van der Waals surface area (Å²) in [6.45, 7) is 2.03. The molecule has 0 saturated heterocycles. The van der Waals surface area contributed by atoms with E-state index in [1.807, 2.05) is 35.8 Å². The number of aryl methyl sites for hydroxylation is 1. The number of carbonyl (C=O) groups excluding carboxylic acids is 1. The maximum absolute atomic E-state index is 13.5. The minimum Gasteiger partial charge on any atom is -0.325 e. The SMILES string of the molecule is Cc1ccc(-c2cnc(SCC(=O)Nc3ccc(Cl)cc3)n2-c2ccc(F)cc2)cc1. The van der Waals surface area contributed by atoms with E-state index in [-0.39, 0.29) is 17.5 Å². The normalized spacial score (nSPS) is 10.8. The van der Waals surface area contributed by atoms with E-state index < -0.39 is 0 Å². The number of hydrogen-bond donors (Lipinski definition) is 1. The lowest BCUT2D eigenvalue weighted by Gasteiger charge is -2.12. The van der Waals surface area contributed by atoms with Crippen LogP contribution in [0.25, 0.3) is 16.9 Å². The van der Waals surface area contributed by atoms with Crippen molar-refractivity contribution >= 4 is 35.0 Å². The van der Waals surface area contributed by atoms with Gasteiger partial charge in [-0.25, -0.2) is 9.37 Å². The summed E-state index contributed by atoms with van der Waals surface area (Å²) < 4.78 is 15.4. The lowest BCUT2D eigenvalue weighted by Crippen LogP contribution is -2.14. The average Bonchev–Trinajstić information content (AvgIpc) is 3.19. The Labute approximate surface area is 189 Å². The highest BCUT2D eigenvalue weighted by molar-refractivity contribution is 7.99. The molecular weight excluding hydrogens is 433 g/mol. The molecule has 0 spiro atoms. The molecule has 0 aliphatic carbocycles. The van der Waals surface area contributed by atoms with Gasteiger partial charge in [0.15, 0.2) is 5.16 Å². The minimum absolute atomic E-state index is 0.155. The fraction of sp³-hybridized carbons (Fsp3) is 0.0833. The standard InChI is InChI=1S/C24H19ClFN3OS/c1-16-2-4-17(5-3-16)22-14-27-24(29(22)21-12-8-19(26)9-13-21)31-15-23(30)28-20-10-6-18(25)7-11-20/h2-14H,15H2,1H3,(H,28,30). The molecule has 3 aromatic carbocycles. The Bertz CT molecular complexity index is 1190. The maximum atomic E-state index is 13.5. The van der Waals surface area contributed by atoms with Gasteiger partial charge < -0.3 is 5.32 Å². The third-order valence-electron chi connectivity index (χ3n) is 4.62. The summed E-state index contributed by atoms with van der Waals surface area (Å²) in [6, 6.07) is 21.3. The molecule has 0 bridgehead atoms. The van der Waals surface area contributed by atoms with Crippen LogP contribution in [0.2, 0.25) is 5.02 Å². The highest BCUT2D eigenvalue weighted by Gasteiger charge is 2.16. The first-order chi connectivity index (χ1) is 15.0. The molecule has 1 N–H and O–H groups in total. The van der Waals surface area contributed by atoms with Gasteiger partial charge in [-0.05, 0) is 55.5 Å². The molecule has 4 rings (SSSR count). The zero-order valence-electron chi connectivity index (χ0n) is 16.7. The number of amides is 1. The Kier molecular flexibility index (Phi) is 6.39. The first kappa shape index (κ1) is 21.2. The molecule has 0 aliphatic rings. The van der Waals surface area contributed by atoms with Crippen LogP contribution in [0.5, 0.6) is 0 Å². The number of halogens is 2. The van der Waals surface area contributed by atoms with E-state index in [0.717, 1.165) is 22.5 Å². The predicted molar refractivity (Wildman–Crippen MR) is 125 cm³/mol. The Morgan fingerprint density at radius 1 is 1.03 bits per heavy atom. The van der Waals surface area contributed by atoms with Gasteiger partial charge in [-0.1, -0.05) is 53.2 Å². The number of imidazole rings is 1. The molecule has 156 valence electrons. The van der Waals surface area contributed by atoms with Crippen LogP contribution >= 0.6 is 23.4 Å². The molecule has 0 atom stereocenters. The van der Waals surface area contributed by atoms with Gasteiger partial charge in [0.1, 0.15) is 5.82 Å². The number of nitrogens with zero attached hydrogens (tertiary/aromatic N) is 2. The molecule has 0 radical (unpaired) electrons. The highest BCUT2D eigenvalue weighted by Crippen LogP contribution is 2.30. The molecule has 1 aromatic heterocycles. The van der Waals surface area contributed by atoms with E-state index in [1.165, 1.54) is 23.9 Å². The summed E-state index contributed by atoms with van der Waals surface area (Å²) in [7, 11) is 0. The minimum atomic E-state index is -0.308. The van der Waals surface area contributed by atoms with Crippen molar-refractivity contribution < 1.29 is 9.18 Å². The second-order valence-electron chi connectivity index (χ2n) is 6.95. The number of hydrogen-bond acceptors (Lipinski definition) is 3. The number of nitrogens with one attached hydrogen (secondary N) is 1. The molecule has 0 unspecified atom stereocenters. The van der Waals surface area contributed by atoms with Crippen molar-refractivity contribution in [2.75, 3.05) is 11.1 Å². The van der Waals surface area contributed by atoms with Gasteiger partial charge >= 0.3 is 0 Å². The van der Waals surface area contributed by atoms with Crippen LogP contribution in [0.3, 0.4) is 0 Å². The van der Waals surface area contributed by atoms with E-state index in [0.29, 0.717) is 15.9 Å². The van der Waals surface area contributed by atoms with Crippen molar-refractivity contribution in [2.45, 2.75) is 12.1 Å². The summed E-state index contributed by atoms with van der Waals surface area (Å²) in [6.07, 6.45) is 1.77. The van der Waals surface area contributed by atoms with Crippen LogP contribution in [0.1, 0.15) is 5.56 Å². The number of anilines is 1. The molecule has 4 nitrogen and oxygen atoms in total. The molecule has 7 heteroatoms. The molecule has 1 heterocycles. The Morgan fingerprint density at radius 3 is 2.39 bits per heavy atom. The van der Waals surface area contributed by atoms with Crippen molar-refractivity contribution in [1.29, 1.82) is 0 Å². The van der Waals surface area contributed by atoms with Crippen LogP contribution in [-0.2, 0) is 4.79 Å². The largest absolute Gasteiger partial charge is 0.325 e. The number of rotatable bonds is 6. The average molecular weight is 452 g/mol. The number of benzene rings is 3. The van der Waals surface area contributed by atoms with Crippen LogP contribution < -0.4 is 5.32 Å². The second-order valence-corrected chi connectivity index (χ2v) is 8.33. The van der Waals surface area contributed by atoms with Gasteiger partial charge in [0.2, 0.25) is 5.91 Å². The van der Waals surface area contributed by atoms with Crippen LogP contribution in [0, 0.1) is 12.7 Å². The summed E-state index contributed by atoms with van der Waals surface area (Å²) in [5.41, 5.74) is 4.46. The first-order valence-corrected chi connectivity index (χ1v) is 10.9. The number of thioether (sulfide) groups is 1. The van der Waals surface area contributed by atoms with Crippen LogP contribution in [-0.4, -0.2) is 21.2 Å². The van der Waals surface area contributed by atoms with E-state index >= 15 is 0 Å². The molecule has 1 amide bonds. The second kappa shape index (κ2) is 9.37. The van der Waals surface area contributed by atoms with Gasteiger partial charge in [-0.2, -0.15) is 0 Å². The lowest BCUT2D eigenvalue weighted by atomic mass is 10.1. The first-order valence-electron chi connectivity index (χ1n) is 9.58. The van der Waals surface area contributed by atoms with Crippen LogP contribution in [0.4, 0.5) is 10.1 Å². The Morgan fingerprint density at radius 2 is 1.71 bits per heavy atom. The van der Waals surface area contributed by atoms with Gasteiger partial charge in [-0.3, -0.25) is 9.36 Å². The summed E-state index contributed by atoms with van der Waals surface area (Å²) in [4.78, 5) is 17.0. The topological polar surface area (TPSA) is 46.9 Å². The monoisotopic (exact) mass is 451 g/mol.